The van der Waals surface area contributed by atoms with Gasteiger partial charge in [-0.1, -0.05) is 0 Å². The Kier molecular flexibility index (Phi) is 5.45. The first-order valence-electron chi connectivity index (χ1n) is 9.16. The van der Waals surface area contributed by atoms with Crippen molar-refractivity contribution in [1.29, 1.82) is 5.26 Å². The van der Waals surface area contributed by atoms with E-state index in [0.29, 0.717) is 22.4 Å². The van der Waals surface area contributed by atoms with Crippen LogP contribution in [-0.4, -0.2) is 39.9 Å². The van der Waals surface area contributed by atoms with E-state index in [2.05, 4.69) is 11.2 Å². The number of hydrogen-bond acceptors (Lipinski definition) is 3. The Morgan fingerprint density at radius 2 is 1.93 bits per heavy atom. The van der Waals surface area contributed by atoms with E-state index < -0.39 is 12.1 Å². The smallest absolute Gasteiger partial charge is 0.339 e. The maximum Gasteiger partial charge on any atom is 0.391 e. The molecule has 0 bridgehead atoms. The molecular weight excluding hydrogens is 369 g/mol. The van der Waals surface area contributed by atoms with Crippen LogP contribution in [0.4, 0.5) is 13.2 Å². The van der Waals surface area contributed by atoms with Crippen molar-refractivity contribution in [2.24, 2.45) is 5.92 Å². The number of nitriles is 1. The zero-order chi connectivity index (χ0) is 20.5. The van der Waals surface area contributed by atoms with Crippen LogP contribution in [0.5, 0.6) is 0 Å². The predicted octanol–water partition coefficient (Wildman–Crippen LogP) is 4.42. The lowest BCUT2D eigenvalue weighted by molar-refractivity contribution is -0.183. The second-order valence-corrected chi connectivity index (χ2v) is 7.25. The third-order valence-electron chi connectivity index (χ3n) is 5.04. The average Bonchev–Trinajstić information content (AvgIpc) is 3.17. The summed E-state index contributed by atoms with van der Waals surface area (Å²) in [7, 11) is 0. The minimum absolute atomic E-state index is 0.0584. The molecule has 0 N–H and O–H groups in total. The molecule has 0 spiro atoms. The Balaban J connectivity index is 1.89. The van der Waals surface area contributed by atoms with Crippen LogP contribution in [0.1, 0.15) is 48.7 Å². The lowest BCUT2D eigenvalue weighted by atomic mass is 9.94. The van der Waals surface area contributed by atoms with Crippen LogP contribution in [0.3, 0.4) is 0 Å². The first-order chi connectivity index (χ1) is 13.2. The number of carbonyl (C=O) groups is 1. The van der Waals surface area contributed by atoms with Crippen molar-refractivity contribution in [2.45, 2.75) is 38.9 Å². The quantitative estimate of drug-likeness (QED) is 0.780. The molecule has 1 aromatic carbocycles. The normalized spacial score (nSPS) is 15.7. The summed E-state index contributed by atoms with van der Waals surface area (Å²) in [5.41, 5.74) is 1.81. The van der Waals surface area contributed by atoms with E-state index in [4.69, 9.17) is 0 Å². The van der Waals surface area contributed by atoms with Gasteiger partial charge in [0.1, 0.15) is 0 Å². The van der Waals surface area contributed by atoms with Gasteiger partial charge in [-0.25, -0.2) is 0 Å². The fraction of sp³-hybridized carbons (Fsp3) is 0.450. The topological polar surface area (TPSA) is 61.9 Å². The van der Waals surface area contributed by atoms with E-state index in [0.717, 1.165) is 0 Å². The Bertz CT molecular complexity index is 903. The summed E-state index contributed by atoms with van der Waals surface area (Å²) in [4.78, 5) is 14.5. The van der Waals surface area contributed by atoms with Crippen LogP contribution in [0.25, 0.3) is 11.3 Å². The summed E-state index contributed by atoms with van der Waals surface area (Å²) in [5, 5.41) is 13.7. The Labute approximate surface area is 161 Å². The van der Waals surface area contributed by atoms with E-state index in [1.54, 1.807) is 35.1 Å². The van der Waals surface area contributed by atoms with Crippen LogP contribution in [-0.2, 0) is 0 Å². The highest BCUT2D eigenvalue weighted by Crippen LogP contribution is 2.35. The molecule has 1 aliphatic rings. The highest BCUT2D eigenvalue weighted by Gasteiger charge is 2.42. The number of likely N-dealkylation sites (tertiary alicyclic amines) is 1. The third kappa shape index (κ3) is 4.03. The van der Waals surface area contributed by atoms with Crippen molar-refractivity contribution in [3.05, 3.63) is 41.6 Å². The SMILES string of the molecule is CC(C)n1ccc(-c2cc(C#N)ccc2C(=O)N2CCC(C(F)(F)F)CC2)n1. The van der Waals surface area contributed by atoms with Crippen LogP contribution in [0, 0.1) is 17.2 Å². The summed E-state index contributed by atoms with van der Waals surface area (Å²) in [6.45, 7) is 4.06. The minimum atomic E-state index is -4.22. The predicted molar refractivity (Wildman–Crippen MR) is 97.4 cm³/mol. The van der Waals surface area contributed by atoms with Crippen molar-refractivity contribution in [1.82, 2.24) is 14.7 Å². The molecule has 0 unspecified atom stereocenters. The average molecular weight is 390 g/mol. The molecule has 0 aliphatic carbocycles. The number of hydrogen-bond donors (Lipinski definition) is 0. The number of carbonyl (C=O) groups excluding carboxylic acids is 1. The number of alkyl halides is 3. The Morgan fingerprint density at radius 1 is 1.25 bits per heavy atom. The Morgan fingerprint density at radius 3 is 2.46 bits per heavy atom. The minimum Gasteiger partial charge on any atom is -0.339 e. The fourth-order valence-electron chi connectivity index (χ4n) is 3.36. The molecule has 148 valence electrons. The van der Waals surface area contributed by atoms with Gasteiger partial charge in [0.15, 0.2) is 0 Å². The van der Waals surface area contributed by atoms with Gasteiger partial charge in [-0.2, -0.15) is 23.5 Å². The van der Waals surface area contributed by atoms with Crippen LogP contribution < -0.4 is 0 Å². The Hall–Kier alpha value is -2.82. The number of nitrogens with zero attached hydrogens (tertiary/aromatic N) is 4. The van der Waals surface area contributed by atoms with Crippen molar-refractivity contribution in [2.75, 3.05) is 13.1 Å². The lowest BCUT2D eigenvalue weighted by Gasteiger charge is -2.33. The summed E-state index contributed by atoms with van der Waals surface area (Å²) >= 11 is 0. The molecule has 5 nitrogen and oxygen atoms in total. The molecule has 2 aromatic rings. The van der Waals surface area contributed by atoms with Crippen LogP contribution in [0.15, 0.2) is 30.5 Å². The van der Waals surface area contributed by atoms with Gasteiger partial charge in [-0.05, 0) is 51.0 Å². The van der Waals surface area contributed by atoms with E-state index in [1.165, 1.54) is 4.90 Å². The van der Waals surface area contributed by atoms with Gasteiger partial charge in [-0.3, -0.25) is 9.48 Å². The highest BCUT2D eigenvalue weighted by atomic mass is 19.4. The molecule has 1 aliphatic heterocycles. The monoisotopic (exact) mass is 390 g/mol. The zero-order valence-electron chi connectivity index (χ0n) is 15.7. The van der Waals surface area contributed by atoms with Gasteiger partial charge < -0.3 is 4.90 Å². The first-order valence-corrected chi connectivity index (χ1v) is 9.16. The number of benzene rings is 1. The number of piperidine rings is 1. The summed E-state index contributed by atoms with van der Waals surface area (Å²) in [6, 6.07) is 8.65. The second kappa shape index (κ2) is 7.66. The van der Waals surface area contributed by atoms with Gasteiger partial charge >= 0.3 is 6.18 Å². The van der Waals surface area contributed by atoms with Crippen LogP contribution >= 0.6 is 0 Å². The van der Waals surface area contributed by atoms with E-state index in [9.17, 15) is 23.2 Å². The van der Waals surface area contributed by atoms with Gasteiger partial charge in [0.05, 0.1) is 23.2 Å². The van der Waals surface area contributed by atoms with Crippen molar-refractivity contribution in [3.63, 3.8) is 0 Å². The summed E-state index contributed by atoms with van der Waals surface area (Å²) in [5.74, 6) is -1.70. The van der Waals surface area contributed by atoms with Crippen molar-refractivity contribution in [3.8, 4) is 17.3 Å². The molecule has 28 heavy (non-hydrogen) atoms. The molecule has 3 rings (SSSR count). The number of amides is 1. The van der Waals surface area contributed by atoms with E-state index in [-0.39, 0.29) is 37.9 Å². The van der Waals surface area contributed by atoms with Crippen molar-refractivity contribution >= 4 is 5.91 Å². The molecule has 1 saturated heterocycles. The second-order valence-electron chi connectivity index (χ2n) is 7.25. The van der Waals surface area contributed by atoms with Crippen molar-refractivity contribution < 1.29 is 18.0 Å². The molecular formula is C20H21F3N4O. The maximum absolute atomic E-state index is 13.0. The van der Waals surface area contributed by atoms with Gasteiger partial charge in [0.2, 0.25) is 0 Å². The molecule has 2 heterocycles. The molecule has 1 fully saturated rings. The van der Waals surface area contributed by atoms with Gasteiger partial charge in [0.25, 0.3) is 5.91 Å². The molecule has 0 saturated carbocycles. The third-order valence-corrected chi connectivity index (χ3v) is 5.04. The van der Waals surface area contributed by atoms with Gasteiger partial charge in [-0.15, -0.1) is 0 Å². The first kappa shape index (κ1) is 19.9. The molecule has 0 atom stereocenters. The lowest BCUT2D eigenvalue weighted by Crippen LogP contribution is -2.42. The summed E-state index contributed by atoms with van der Waals surface area (Å²) in [6.07, 6.45) is -2.62. The number of aromatic nitrogens is 2. The number of halogens is 3. The van der Waals surface area contributed by atoms with Gasteiger partial charge in [0, 0.05) is 36.5 Å². The fourth-order valence-corrected chi connectivity index (χ4v) is 3.36. The molecule has 1 amide bonds. The highest BCUT2D eigenvalue weighted by molar-refractivity contribution is 6.00. The summed E-state index contributed by atoms with van der Waals surface area (Å²) < 4.78 is 40.4. The van der Waals surface area contributed by atoms with E-state index >= 15 is 0 Å². The molecule has 0 radical (unpaired) electrons. The van der Waals surface area contributed by atoms with E-state index in [1.807, 2.05) is 13.8 Å². The maximum atomic E-state index is 13.0. The molecule has 1 aromatic heterocycles. The van der Waals surface area contributed by atoms with Crippen LogP contribution in [0.2, 0.25) is 0 Å². The zero-order valence-corrected chi connectivity index (χ0v) is 15.7. The largest absolute Gasteiger partial charge is 0.391 e. The number of rotatable bonds is 3. The molecule has 8 heteroatoms. The standard InChI is InChI=1S/C20H21F3N4O/c1-13(2)27-10-7-18(25-27)17-11-14(12-24)3-4-16(17)19(28)26-8-5-15(6-9-26)20(21,22)23/h3-4,7,10-11,13,15H,5-6,8-9H2,1-2H3.